The smallest absolute Gasteiger partial charge is 0.210 e. The zero-order valence-electron chi connectivity index (χ0n) is 15.6. The van der Waals surface area contributed by atoms with Crippen molar-refractivity contribution in [2.45, 2.75) is 38.0 Å². The van der Waals surface area contributed by atoms with Crippen molar-refractivity contribution in [3.05, 3.63) is 65.7 Å². The van der Waals surface area contributed by atoms with Crippen molar-refractivity contribution in [2.75, 3.05) is 13.7 Å². The van der Waals surface area contributed by atoms with Crippen LogP contribution in [-0.4, -0.2) is 49.9 Å². The molecule has 0 amide bonds. The third-order valence-electron chi connectivity index (χ3n) is 4.33. The molecule has 4 atom stereocenters. The molecule has 1 heterocycles. The number of rotatable bonds is 9. The molecule has 7 heteroatoms. The van der Waals surface area contributed by atoms with E-state index < -0.39 is 24.8 Å². The van der Waals surface area contributed by atoms with Gasteiger partial charge >= 0.3 is 0 Å². The van der Waals surface area contributed by atoms with Gasteiger partial charge in [0.25, 0.3) is 0 Å². The molecule has 1 aliphatic heterocycles. The summed E-state index contributed by atoms with van der Waals surface area (Å²) in [7, 11) is 1.60. The van der Waals surface area contributed by atoms with Crippen molar-refractivity contribution in [1.29, 1.82) is 0 Å². The number of carbonyl (C=O) groups excluding carboxylic acids is 1. The second-order valence-corrected chi connectivity index (χ2v) is 6.32. The van der Waals surface area contributed by atoms with Gasteiger partial charge in [0.05, 0.1) is 26.9 Å². The van der Waals surface area contributed by atoms with Gasteiger partial charge in [-0.15, -0.1) is 0 Å². The van der Waals surface area contributed by atoms with Crippen LogP contribution in [0, 0.1) is 0 Å². The van der Waals surface area contributed by atoms with E-state index in [4.69, 9.17) is 23.7 Å². The minimum Gasteiger partial charge on any atom is -0.497 e. The van der Waals surface area contributed by atoms with E-state index in [1.807, 2.05) is 54.6 Å². The Balaban J connectivity index is 1.53. The molecule has 0 aliphatic carbocycles. The van der Waals surface area contributed by atoms with Crippen LogP contribution in [-0.2, 0) is 37.0 Å². The number of carbonyl (C=O) groups is 1. The van der Waals surface area contributed by atoms with Crippen LogP contribution in [0.3, 0.4) is 0 Å². The van der Waals surface area contributed by atoms with E-state index in [1.165, 1.54) is 0 Å². The Bertz CT molecular complexity index is 719. The lowest BCUT2D eigenvalue weighted by atomic mass is 10.2. The summed E-state index contributed by atoms with van der Waals surface area (Å²) in [4.78, 5) is 11.5. The Morgan fingerprint density at radius 2 is 1.82 bits per heavy atom. The zero-order valence-corrected chi connectivity index (χ0v) is 15.6. The highest BCUT2D eigenvalue weighted by molar-refractivity contribution is 5.57. The summed E-state index contributed by atoms with van der Waals surface area (Å²) in [6, 6.07) is 16.8. The standard InChI is InChI=1S/C21H24O7/c1-24-17-9-7-16(8-10-17)13-27-21-20(23)26-14-19(28-21)18(11-22)25-12-15-5-3-2-4-6-15/h2-11,18-21,23H,12-14H2,1H3/t18-,19+,20?,21+/m0/s1. The molecule has 28 heavy (non-hydrogen) atoms. The predicted molar refractivity (Wildman–Crippen MR) is 99.5 cm³/mol. The van der Waals surface area contributed by atoms with Crippen LogP contribution >= 0.6 is 0 Å². The SMILES string of the molecule is COc1ccc(CO[C@@H]2O[C@@H]([C@H](C=O)OCc3ccccc3)COC2O)cc1. The molecule has 0 radical (unpaired) electrons. The molecule has 1 N–H and O–H groups in total. The van der Waals surface area contributed by atoms with Crippen LogP contribution in [0.5, 0.6) is 5.75 Å². The molecule has 7 nitrogen and oxygen atoms in total. The van der Waals surface area contributed by atoms with Crippen molar-refractivity contribution in [3.63, 3.8) is 0 Å². The van der Waals surface area contributed by atoms with Crippen molar-refractivity contribution >= 4 is 6.29 Å². The third-order valence-corrected chi connectivity index (χ3v) is 4.33. The minimum atomic E-state index is -1.24. The van der Waals surface area contributed by atoms with Crippen LogP contribution in [0.15, 0.2) is 54.6 Å². The number of methoxy groups -OCH3 is 1. The predicted octanol–water partition coefficient (Wildman–Crippen LogP) is 2.06. The van der Waals surface area contributed by atoms with E-state index in [1.54, 1.807) is 7.11 Å². The van der Waals surface area contributed by atoms with Gasteiger partial charge in [-0.3, -0.25) is 0 Å². The normalized spacial score (nSPS) is 23.1. The molecule has 1 unspecified atom stereocenters. The molecule has 1 saturated heterocycles. The third kappa shape index (κ3) is 5.60. The van der Waals surface area contributed by atoms with E-state index >= 15 is 0 Å². The monoisotopic (exact) mass is 388 g/mol. The maximum atomic E-state index is 11.5. The van der Waals surface area contributed by atoms with E-state index in [9.17, 15) is 9.90 Å². The van der Waals surface area contributed by atoms with E-state index in [2.05, 4.69) is 0 Å². The number of hydrogen-bond acceptors (Lipinski definition) is 7. The van der Waals surface area contributed by atoms with Gasteiger partial charge in [-0.05, 0) is 23.3 Å². The summed E-state index contributed by atoms with van der Waals surface area (Å²) in [6.07, 6.45) is -3.10. The van der Waals surface area contributed by atoms with Gasteiger partial charge in [0, 0.05) is 0 Å². The molecule has 0 saturated carbocycles. The molecule has 0 bridgehead atoms. The fourth-order valence-electron chi connectivity index (χ4n) is 2.75. The Hall–Kier alpha value is -2.29. The summed E-state index contributed by atoms with van der Waals surface area (Å²) in [5, 5.41) is 9.99. The van der Waals surface area contributed by atoms with Crippen molar-refractivity contribution in [1.82, 2.24) is 0 Å². The van der Waals surface area contributed by atoms with Crippen LogP contribution in [0.2, 0.25) is 0 Å². The first-order valence-electron chi connectivity index (χ1n) is 9.00. The minimum absolute atomic E-state index is 0.0295. The van der Waals surface area contributed by atoms with Crippen LogP contribution < -0.4 is 4.74 Å². The molecule has 2 aromatic rings. The van der Waals surface area contributed by atoms with Crippen molar-refractivity contribution < 1.29 is 33.6 Å². The first-order valence-corrected chi connectivity index (χ1v) is 9.00. The average Bonchev–Trinajstić information content (AvgIpc) is 2.75. The molecular formula is C21H24O7. The topological polar surface area (TPSA) is 83.5 Å². The van der Waals surface area contributed by atoms with Gasteiger partial charge in [0.15, 0.2) is 6.29 Å². The van der Waals surface area contributed by atoms with Gasteiger partial charge in [-0.2, -0.15) is 0 Å². The number of aldehydes is 1. The average molecular weight is 388 g/mol. The maximum Gasteiger partial charge on any atom is 0.210 e. The quantitative estimate of drug-likeness (QED) is 0.658. The zero-order chi connectivity index (χ0) is 19.8. The van der Waals surface area contributed by atoms with E-state index in [-0.39, 0.29) is 19.8 Å². The molecule has 0 spiro atoms. The summed E-state index contributed by atoms with van der Waals surface area (Å²) in [6.45, 7) is 0.504. The molecule has 150 valence electrons. The van der Waals surface area contributed by atoms with Gasteiger partial charge in [0.1, 0.15) is 18.0 Å². The first kappa shape index (κ1) is 20.4. The van der Waals surface area contributed by atoms with Gasteiger partial charge in [-0.1, -0.05) is 42.5 Å². The maximum absolute atomic E-state index is 11.5. The number of hydrogen-bond donors (Lipinski definition) is 1. The largest absolute Gasteiger partial charge is 0.497 e. The summed E-state index contributed by atoms with van der Waals surface area (Å²) in [5.41, 5.74) is 1.82. The summed E-state index contributed by atoms with van der Waals surface area (Å²) in [5.74, 6) is 0.741. The number of benzene rings is 2. The van der Waals surface area contributed by atoms with Crippen LogP contribution in [0.25, 0.3) is 0 Å². The summed E-state index contributed by atoms with van der Waals surface area (Å²) >= 11 is 0. The number of ether oxygens (including phenoxy) is 5. The van der Waals surface area contributed by atoms with Gasteiger partial charge in [0.2, 0.25) is 12.6 Å². The fourth-order valence-corrected chi connectivity index (χ4v) is 2.75. The van der Waals surface area contributed by atoms with Crippen LogP contribution in [0.1, 0.15) is 11.1 Å². The van der Waals surface area contributed by atoms with Crippen molar-refractivity contribution in [3.8, 4) is 5.75 Å². The van der Waals surface area contributed by atoms with Gasteiger partial charge in [-0.25, -0.2) is 0 Å². The molecule has 0 aromatic heterocycles. The highest BCUT2D eigenvalue weighted by Crippen LogP contribution is 2.20. The molecule has 1 fully saturated rings. The highest BCUT2D eigenvalue weighted by atomic mass is 16.8. The molecule has 1 aliphatic rings. The van der Waals surface area contributed by atoms with Crippen molar-refractivity contribution in [2.24, 2.45) is 0 Å². The first-order chi connectivity index (χ1) is 13.7. The number of aliphatic hydroxyl groups is 1. The Morgan fingerprint density at radius 3 is 2.50 bits per heavy atom. The lowest BCUT2D eigenvalue weighted by Gasteiger charge is -2.35. The Labute approximate surface area is 163 Å². The second kappa shape index (κ2) is 10.3. The van der Waals surface area contributed by atoms with Gasteiger partial charge < -0.3 is 33.6 Å². The molecular weight excluding hydrogens is 364 g/mol. The van der Waals surface area contributed by atoms with Crippen LogP contribution in [0.4, 0.5) is 0 Å². The van der Waals surface area contributed by atoms with E-state index in [0.29, 0.717) is 6.29 Å². The number of aliphatic hydroxyl groups excluding tert-OH is 1. The molecule has 2 aromatic carbocycles. The highest BCUT2D eigenvalue weighted by Gasteiger charge is 2.36. The van der Waals surface area contributed by atoms with E-state index in [0.717, 1.165) is 16.9 Å². The Kier molecular flexibility index (Phi) is 7.53. The Morgan fingerprint density at radius 1 is 1.11 bits per heavy atom. The summed E-state index contributed by atoms with van der Waals surface area (Å²) < 4.78 is 27.5. The lowest BCUT2D eigenvalue weighted by Crippen LogP contribution is -2.50. The lowest BCUT2D eigenvalue weighted by molar-refractivity contribution is -0.340. The molecule has 3 rings (SSSR count). The fraction of sp³-hybridized carbons (Fsp3) is 0.381. The second-order valence-electron chi connectivity index (χ2n) is 6.32.